The van der Waals surface area contributed by atoms with Gasteiger partial charge in [-0.3, -0.25) is 10.1 Å². The lowest BCUT2D eigenvalue weighted by Gasteiger charge is -2.10. The van der Waals surface area contributed by atoms with Crippen molar-refractivity contribution in [3.63, 3.8) is 0 Å². The van der Waals surface area contributed by atoms with E-state index in [1.165, 1.54) is 11.3 Å². The van der Waals surface area contributed by atoms with Crippen LogP contribution in [0.3, 0.4) is 0 Å². The molecule has 0 saturated heterocycles. The van der Waals surface area contributed by atoms with Crippen molar-refractivity contribution in [2.75, 3.05) is 18.5 Å². The van der Waals surface area contributed by atoms with E-state index in [1.807, 2.05) is 70.2 Å². The molecule has 3 rings (SSSR count). The average Bonchev–Trinajstić information content (AvgIpc) is 3.04. The quantitative estimate of drug-likeness (QED) is 0.600. The smallest absolute Gasteiger partial charge is 0.264 e. The molecule has 1 amide bonds. The van der Waals surface area contributed by atoms with Crippen molar-refractivity contribution >= 4 is 22.4 Å². The molecule has 1 aromatic heterocycles. The van der Waals surface area contributed by atoms with E-state index in [0.29, 0.717) is 11.7 Å². The van der Waals surface area contributed by atoms with Crippen molar-refractivity contribution in [3.05, 3.63) is 58.5 Å². The summed E-state index contributed by atoms with van der Waals surface area (Å²) < 4.78 is 11.1. The molecule has 0 aliphatic carbocycles. The molecule has 6 heteroatoms. The van der Waals surface area contributed by atoms with Gasteiger partial charge in [-0.1, -0.05) is 12.1 Å². The number of amides is 1. The number of aromatic nitrogens is 1. The third-order valence-electron chi connectivity index (χ3n) is 4.40. The average molecular weight is 397 g/mol. The van der Waals surface area contributed by atoms with E-state index in [9.17, 15) is 4.79 Å². The lowest BCUT2D eigenvalue weighted by Crippen LogP contribution is -2.20. The van der Waals surface area contributed by atoms with Crippen LogP contribution in [0.5, 0.6) is 11.5 Å². The monoisotopic (exact) mass is 396 g/mol. The van der Waals surface area contributed by atoms with Crippen molar-refractivity contribution in [3.8, 4) is 22.8 Å². The summed E-state index contributed by atoms with van der Waals surface area (Å²) in [6.07, 6.45) is 0. The van der Waals surface area contributed by atoms with Crippen LogP contribution >= 0.6 is 11.3 Å². The van der Waals surface area contributed by atoms with Crippen molar-refractivity contribution in [2.24, 2.45) is 0 Å². The number of hydrogen-bond acceptors (Lipinski definition) is 5. The molecule has 0 bridgehead atoms. The number of hydrogen-bond donors (Lipinski definition) is 1. The third-order valence-corrected chi connectivity index (χ3v) is 5.28. The number of ether oxygens (including phenoxy) is 2. The molecule has 0 radical (unpaired) electrons. The molecule has 5 nitrogen and oxygen atoms in total. The summed E-state index contributed by atoms with van der Waals surface area (Å²) in [6, 6.07) is 13.6. The van der Waals surface area contributed by atoms with Gasteiger partial charge < -0.3 is 9.47 Å². The molecular formula is C22H24N2O3S. The summed E-state index contributed by atoms with van der Waals surface area (Å²) in [6.45, 7) is 8.53. The second kappa shape index (κ2) is 8.89. The molecule has 28 heavy (non-hydrogen) atoms. The van der Waals surface area contributed by atoms with Gasteiger partial charge in [-0.05, 0) is 69.2 Å². The molecule has 146 valence electrons. The Balaban J connectivity index is 1.64. The lowest BCUT2D eigenvalue weighted by molar-refractivity contribution is -0.118. The van der Waals surface area contributed by atoms with Gasteiger partial charge in [0.2, 0.25) is 0 Å². The zero-order chi connectivity index (χ0) is 20.1. The minimum Gasteiger partial charge on any atom is -0.494 e. The summed E-state index contributed by atoms with van der Waals surface area (Å²) in [4.78, 5) is 17.9. The highest BCUT2D eigenvalue weighted by Gasteiger charge is 2.13. The molecule has 0 atom stereocenters. The maximum atomic E-state index is 12.3. The van der Waals surface area contributed by atoms with E-state index in [2.05, 4.69) is 10.3 Å². The molecule has 1 heterocycles. The fourth-order valence-electron chi connectivity index (χ4n) is 2.77. The molecule has 3 aromatic rings. The first kappa shape index (κ1) is 19.9. The minimum atomic E-state index is -0.229. The number of nitrogens with one attached hydrogen (secondary N) is 1. The summed E-state index contributed by atoms with van der Waals surface area (Å²) in [5.74, 6) is 1.32. The van der Waals surface area contributed by atoms with Crippen molar-refractivity contribution < 1.29 is 14.3 Å². The highest BCUT2D eigenvalue weighted by Crippen LogP contribution is 2.31. The number of benzene rings is 2. The van der Waals surface area contributed by atoms with Gasteiger partial charge in [-0.2, -0.15) is 0 Å². The van der Waals surface area contributed by atoms with E-state index in [4.69, 9.17) is 9.47 Å². The highest BCUT2D eigenvalue weighted by atomic mass is 32.1. The standard InChI is InChI=1S/C22H24N2O3S/c1-5-26-18-11-9-17(10-12-18)21-16(4)28-22(24-21)23-20(25)13-27-19-8-6-7-14(2)15(19)3/h6-12H,5,13H2,1-4H3,(H,23,24,25). The second-order valence-electron chi connectivity index (χ2n) is 6.42. The number of anilines is 1. The predicted octanol–water partition coefficient (Wildman–Crippen LogP) is 5.15. The van der Waals surface area contributed by atoms with Crippen LogP contribution in [0.15, 0.2) is 42.5 Å². The lowest BCUT2D eigenvalue weighted by atomic mass is 10.1. The van der Waals surface area contributed by atoms with Gasteiger partial charge in [-0.25, -0.2) is 4.98 Å². The van der Waals surface area contributed by atoms with Gasteiger partial charge in [0, 0.05) is 10.4 Å². The number of thiazole rings is 1. The maximum Gasteiger partial charge on any atom is 0.264 e. The van der Waals surface area contributed by atoms with Crippen LogP contribution in [0, 0.1) is 20.8 Å². The molecule has 0 aliphatic rings. The van der Waals surface area contributed by atoms with E-state index < -0.39 is 0 Å². The van der Waals surface area contributed by atoms with Crippen molar-refractivity contribution in [1.29, 1.82) is 0 Å². The minimum absolute atomic E-state index is 0.0543. The summed E-state index contributed by atoms with van der Waals surface area (Å²) in [5.41, 5.74) is 4.02. The first-order valence-corrected chi connectivity index (χ1v) is 9.99. The first-order chi connectivity index (χ1) is 13.5. The maximum absolute atomic E-state index is 12.3. The summed E-state index contributed by atoms with van der Waals surface area (Å²) in [5, 5.41) is 3.39. The summed E-state index contributed by atoms with van der Waals surface area (Å²) >= 11 is 1.45. The Kier molecular flexibility index (Phi) is 6.31. The largest absolute Gasteiger partial charge is 0.494 e. The van der Waals surface area contributed by atoms with Crippen LogP contribution in [0.25, 0.3) is 11.3 Å². The van der Waals surface area contributed by atoms with Gasteiger partial charge in [0.1, 0.15) is 11.5 Å². The number of aryl methyl sites for hydroxylation is 2. The van der Waals surface area contributed by atoms with Gasteiger partial charge >= 0.3 is 0 Å². The topological polar surface area (TPSA) is 60.5 Å². The Morgan fingerprint density at radius 3 is 2.54 bits per heavy atom. The van der Waals surface area contributed by atoms with Crippen LogP contribution in [-0.4, -0.2) is 24.1 Å². The molecule has 0 unspecified atom stereocenters. The molecule has 2 aromatic carbocycles. The Morgan fingerprint density at radius 2 is 1.82 bits per heavy atom. The first-order valence-electron chi connectivity index (χ1n) is 9.17. The predicted molar refractivity (Wildman–Crippen MR) is 113 cm³/mol. The van der Waals surface area contributed by atoms with Gasteiger partial charge in [0.25, 0.3) is 5.91 Å². The van der Waals surface area contributed by atoms with Crippen molar-refractivity contribution in [1.82, 2.24) is 4.98 Å². The van der Waals surface area contributed by atoms with Gasteiger partial charge in [-0.15, -0.1) is 11.3 Å². The van der Waals surface area contributed by atoms with Crippen LogP contribution in [0.1, 0.15) is 22.9 Å². The van der Waals surface area contributed by atoms with Crippen LogP contribution < -0.4 is 14.8 Å². The van der Waals surface area contributed by atoms with E-state index in [0.717, 1.165) is 38.8 Å². The summed E-state index contributed by atoms with van der Waals surface area (Å²) in [7, 11) is 0. The third kappa shape index (κ3) is 4.70. The number of rotatable bonds is 7. The van der Waals surface area contributed by atoms with E-state index in [1.54, 1.807) is 0 Å². The molecule has 0 fully saturated rings. The molecule has 0 spiro atoms. The number of carbonyl (C=O) groups excluding carboxylic acids is 1. The van der Waals surface area contributed by atoms with E-state index >= 15 is 0 Å². The zero-order valence-electron chi connectivity index (χ0n) is 16.5. The van der Waals surface area contributed by atoms with Crippen molar-refractivity contribution in [2.45, 2.75) is 27.7 Å². The molecule has 1 N–H and O–H groups in total. The normalized spacial score (nSPS) is 10.6. The zero-order valence-corrected chi connectivity index (χ0v) is 17.4. The van der Waals surface area contributed by atoms with Crippen LogP contribution in [-0.2, 0) is 4.79 Å². The molecular weight excluding hydrogens is 372 g/mol. The van der Waals surface area contributed by atoms with Crippen LogP contribution in [0.2, 0.25) is 0 Å². The van der Waals surface area contributed by atoms with Gasteiger partial charge in [0.05, 0.1) is 12.3 Å². The fourth-order valence-corrected chi connectivity index (χ4v) is 3.62. The van der Waals surface area contributed by atoms with E-state index in [-0.39, 0.29) is 12.5 Å². The molecule has 0 saturated carbocycles. The number of carbonyl (C=O) groups is 1. The number of nitrogens with zero attached hydrogens (tertiary/aromatic N) is 1. The molecule has 0 aliphatic heterocycles. The van der Waals surface area contributed by atoms with Gasteiger partial charge in [0.15, 0.2) is 11.7 Å². The Morgan fingerprint density at radius 1 is 1.07 bits per heavy atom. The van der Waals surface area contributed by atoms with Crippen LogP contribution in [0.4, 0.5) is 5.13 Å². The Labute approximate surface area is 169 Å². The Hall–Kier alpha value is -2.86. The SMILES string of the molecule is CCOc1ccc(-c2nc(NC(=O)COc3cccc(C)c3C)sc2C)cc1. The Bertz CT molecular complexity index is 964. The highest BCUT2D eigenvalue weighted by molar-refractivity contribution is 7.16. The fraction of sp³-hybridized carbons (Fsp3) is 0.273. The second-order valence-corrected chi connectivity index (χ2v) is 7.62.